The molecule has 0 amide bonds. The van der Waals surface area contributed by atoms with Crippen molar-refractivity contribution in [1.82, 2.24) is 0 Å². The van der Waals surface area contributed by atoms with E-state index in [-0.39, 0.29) is 266 Å². The molecule has 0 bridgehead atoms. The van der Waals surface area contributed by atoms with Crippen LogP contribution in [0.4, 0.5) is 0 Å². The first-order valence-corrected chi connectivity index (χ1v) is 60.0. The second-order valence-corrected chi connectivity index (χ2v) is 97.6. The third kappa shape index (κ3) is 20.4. The molecule has 0 aromatic heterocycles. The average Bonchev–Trinajstić information content (AvgIpc) is 3.36. The predicted molar refractivity (Wildman–Crippen MR) is 361 cm³/mol. The molecule has 0 N–H and O–H groups in total. The molecule has 2 aromatic carbocycles. The largest absolute Gasteiger partial charge is 0.465 e. The van der Waals surface area contributed by atoms with Gasteiger partial charge < -0.3 is 28.4 Å². The molecule has 2 aromatic rings. The molecular formula is C43H72O11P20V8. The fraction of sp³-hybridized carbons (Fsp3) is 0.605. The molecule has 7 aliphatic rings. The van der Waals surface area contributed by atoms with Gasteiger partial charge in [-0.1, -0.05) is 62.1 Å². The number of esters is 4. The molecule has 450 valence electrons. The van der Waals surface area contributed by atoms with Crippen molar-refractivity contribution in [3.05, 3.63) is 59.7 Å². The molecule has 3 heterocycles. The van der Waals surface area contributed by atoms with E-state index < -0.39 is 46.4 Å². The Kier molecular flexibility index (Phi) is 49.6. The number of para-hydroxylation sites is 2. The van der Waals surface area contributed by atoms with Gasteiger partial charge in [-0.05, 0) is 138 Å². The van der Waals surface area contributed by atoms with E-state index >= 15 is 0 Å². The van der Waals surface area contributed by atoms with E-state index in [0.29, 0.717) is 37.6 Å². The SMILES string of the molecule is CCOC(=O)C12C(=O)Oc3ccccc3C1CC(=O)C1CCCCC12.CCOC(=O)C12C(=O)Oc3ccccc3C1CC1(OCCCO1)C1CCCCC12.PP(P)P(P)P(P(P(P)P)P(P)P)P(P(P)P)P(P)P.[V].[V].[V].[V].[V].[V].[V].[V]. The Morgan fingerprint density at radius 1 is 0.512 bits per heavy atom. The van der Waals surface area contributed by atoms with Gasteiger partial charge in [-0.3, -0.25) is 24.0 Å². The molecule has 5 fully saturated rings. The predicted octanol–water partition coefficient (Wildman–Crippen LogP) is 17.9. The van der Waals surface area contributed by atoms with Crippen molar-refractivity contribution in [3.63, 3.8) is 0 Å². The Balaban J connectivity index is 0. The Labute approximate surface area is 617 Å². The summed E-state index contributed by atoms with van der Waals surface area (Å²) in [4.78, 5) is 66.1. The Hall–Kier alpha value is 9.19. The van der Waals surface area contributed by atoms with Crippen molar-refractivity contribution in [2.45, 2.75) is 102 Å². The number of Topliss-reactive ketones (excluding diaryl/α,β-unsaturated/α-hetero) is 1. The fourth-order valence-corrected chi connectivity index (χ4v) is 239. The molecule has 4 saturated carbocycles. The van der Waals surface area contributed by atoms with Crippen LogP contribution in [0.15, 0.2) is 48.5 Å². The Bertz CT molecular complexity index is 2330. The van der Waals surface area contributed by atoms with E-state index in [1.807, 2.05) is 30.3 Å². The fourth-order valence-electron chi connectivity index (χ4n) is 12.4. The van der Waals surface area contributed by atoms with E-state index in [1.54, 1.807) is 32.0 Å². The van der Waals surface area contributed by atoms with E-state index in [4.69, 9.17) is 28.4 Å². The van der Waals surface area contributed by atoms with Gasteiger partial charge >= 0.3 is 23.9 Å². The third-order valence-electron chi connectivity index (χ3n) is 15.1. The quantitative estimate of drug-likeness (QED) is 0.0868. The second-order valence-electron chi connectivity index (χ2n) is 18.9. The summed E-state index contributed by atoms with van der Waals surface area (Å²) < 4.78 is 34.9. The van der Waals surface area contributed by atoms with E-state index in [0.717, 1.165) is 62.5 Å². The molecule has 11 nitrogen and oxygen atoms in total. The van der Waals surface area contributed by atoms with Crippen LogP contribution in [0.3, 0.4) is 0 Å². The zero-order chi connectivity index (χ0) is 53.9. The third-order valence-corrected chi connectivity index (χ3v) is 140. The van der Waals surface area contributed by atoms with Crippen molar-refractivity contribution in [2.24, 2.45) is 34.5 Å². The van der Waals surface area contributed by atoms with Gasteiger partial charge in [0.05, 0.1) is 26.4 Å². The molecule has 20 unspecified atom stereocenters. The minimum atomic E-state index is -1.39. The molecule has 8 radical (unpaired) electrons. The van der Waals surface area contributed by atoms with E-state index in [1.165, 1.54) is 0 Å². The number of ether oxygens (including phenoxy) is 6. The molecule has 1 spiro atoms. The van der Waals surface area contributed by atoms with E-state index in [9.17, 15) is 24.0 Å². The summed E-state index contributed by atoms with van der Waals surface area (Å²) in [5, 5.41) is 0. The normalized spacial score (nSPS) is 26.3. The molecule has 20 atom stereocenters. The molecule has 9 rings (SSSR count). The first kappa shape index (κ1) is 93.2. The van der Waals surface area contributed by atoms with Crippen LogP contribution in [-0.2, 0) is 191 Å². The van der Waals surface area contributed by atoms with Crippen LogP contribution in [0.2, 0.25) is 0 Å². The number of benzene rings is 2. The molecule has 4 aliphatic carbocycles. The maximum absolute atomic E-state index is 13.6. The van der Waals surface area contributed by atoms with Crippen LogP contribution in [-0.4, -0.2) is 61.9 Å². The average molecular weight is 1790 g/mol. The van der Waals surface area contributed by atoms with Crippen LogP contribution in [0.25, 0.3) is 0 Å². The molecule has 3 aliphatic heterocycles. The van der Waals surface area contributed by atoms with Crippen molar-refractivity contribution in [3.8, 4) is 11.5 Å². The summed E-state index contributed by atoms with van der Waals surface area (Å²) in [6.07, 6.45) is 8.51. The van der Waals surface area contributed by atoms with Gasteiger partial charge in [-0.15, -0.1) is 98.2 Å². The number of carbonyl (C=O) groups is 5. The summed E-state index contributed by atoms with van der Waals surface area (Å²) >= 11 is 0. The first-order valence-electron chi connectivity index (χ1n) is 24.5. The van der Waals surface area contributed by atoms with Crippen molar-refractivity contribution >= 4 is 191 Å². The topological polar surface area (TPSA) is 141 Å². The van der Waals surface area contributed by atoms with Gasteiger partial charge in [0.2, 0.25) is 0 Å². The van der Waals surface area contributed by atoms with Gasteiger partial charge in [0.1, 0.15) is 17.3 Å². The number of ketones is 1. The number of rotatable bonds is 12. The van der Waals surface area contributed by atoms with Gasteiger partial charge in [0.25, 0.3) is 0 Å². The zero-order valence-corrected chi connectivity index (χ0v) is 77.1. The minimum absolute atomic E-state index is 0. The van der Waals surface area contributed by atoms with Crippen LogP contribution in [0, 0.1) is 34.5 Å². The number of carbonyl (C=O) groups excluding carboxylic acids is 5. The van der Waals surface area contributed by atoms with Gasteiger partial charge in [-0.25, -0.2) is 0 Å². The zero-order valence-electron chi connectivity index (χ0n) is 45.1. The standard InChI is InChI=1S/C23H28O6.C20H22O5.H22P20.8V/c1-2-26-20(24)23-17-10-5-4-9-16(17)22(27-12-7-13-28-22)14-18(23)15-8-3-6-11-19(15)29-21(23)25;1-2-24-18(22)20-14-9-5-3-7-12(14)16(21)11-15(20)13-8-4-6-10-17(13)25-19(20)23;1-12(2)17(11)20(18(13(3)4)14(5)6)19(15(7)8)16(9)10;;;;;;;;/h3,6,8,11,16-18H,2,4-5,7,9-10,12-14H2,1H3;4,6,8,10,12,14-15H,2-3,5,7,9,11H2,1H3;1-11H2;;;;;;;;. The summed E-state index contributed by atoms with van der Waals surface area (Å²) in [5.74, 6) is -3.25. The summed E-state index contributed by atoms with van der Waals surface area (Å²) in [6.45, 7) is 5.87. The molecule has 82 heavy (non-hydrogen) atoms. The number of hydrogen-bond acceptors (Lipinski definition) is 11. The van der Waals surface area contributed by atoms with Crippen LogP contribution < -0.4 is 9.47 Å². The van der Waals surface area contributed by atoms with Gasteiger partial charge in [-0.2, -0.15) is 0 Å². The second kappa shape index (κ2) is 43.7. The summed E-state index contributed by atoms with van der Waals surface area (Å²) in [6, 6.07) is 14.7. The molecule has 1 saturated heterocycles. The maximum atomic E-state index is 13.6. The summed E-state index contributed by atoms with van der Waals surface area (Å²) in [5.41, 5.74) is -1.07. The van der Waals surface area contributed by atoms with Crippen LogP contribution >= 0.6 is 161 Å². The van der Waals surface area contributed by atoms with Gasteiger partial charge in [0, 0.05) is 191 Å². The Morgan fingerprint density at radius 3 is 1.33 bits per heavy atom. The Morgan fingerprint density at radius 2 is 0.902 bits per heavy atom. The summed E-state index contributed by atoms with van der Waals surface area (Å²) in [7, 11) is 34.7. The van der Waals surface area contributed by atoms with Crippen LogP contribution in [0.5, 0.6) is 11.5 Å². The van der Waals surface area contributed by atoms with E-state index in [2.05, 4.69) is 98.2 Å². The monoisotopic (exact) mass is 1790 g/mol. The smallest absolute Gasteiger partial charge is 0.329 e. The number of fused-ring (bicyclic) bond motifs is 11. The molecular weight excluding hydrogens is 1720 g/mol. The maximum Gasteiger partial charge on any atom is 0.329 e. The molecule has 39 heteroatoms. The van der Waals surface area contributed by atoms with Crippen molar-refractivity contribution in [1.29, 1.82) is 0 Å². The van der Waals surface area contributed by atoms with Gasteiger partial charge in [0.15, 0.2) is 16.6 Å². The van der Waals surface area contributed by atoms with Crippen LogP contribution in [0.1, 0.15) is 107 Å². The minimum Gasteiger partial charge on any atom is -0.465 e. The number of hydrogen-bond donors (Lipinski definition) is 0. The van der Waals surface area contributed by atoms with Crippen molar-refractivity contribution in [2.75, 3.05) is 26.4 Å². The van der Waals surface area contributed by atoms with Crippen molar-refractivity contribution < 1.29 is 201 Å². The first-order chi connectivity index (χ1) is 35.3.